The van der Waals surface area contributed by atoms with Gasteiger partial charge in [-0.25, -0.2) is 13.4 Å². The highest BCUT2D eigenvalue weighted by Gasteiger charge is 2.22. The zero-order valence-corrected chi connectivity index (χ0v) is 14.8. The van der Waals surface area contributed by atoms with E-state index in [1.807, 2.05) is 6.92 Å². The van der Waals surface area contributed by atoms with Crippen molar-refractivity contribution in [2.75, 3.05) is 25.9 Å². The molecule has 130 valence electrons. The van der Waals surface area contributed by atoms with Gasteiger partial charge in [-0.15, -0.1) is 0 Å². The standard InChI is InChI=1S/C17H23N3O3S/c1-12(23-14-7-9-18-10-8-14)16-11-19-17(20-16)13-3-5-15(6-4-13)24(2,21)22/h3-6,12,14,18H,7-11H2,1-2H3/t12-/m1/s1. The summed E-state index contributed by atoms with van der Waals surface area (Å²) in [4.78, 5) is 9.36. The number of aliphatic imine (C=N–C) groups is 2. The minimum atomic E-state index is -3.18. The van der Waals surface area contributed by atoms with Crippen LogP contribution in [0.4, 0.5) is 0 Å². The Morgan fingerprint density at radius 3 is 2.50 bits per heavy atom. The lowest BCUT2D eigenvalue weighted by atomic mass is 10.1. The number of hydrogen-bond acceptors (Lipinski definition) is 6. The van der Waals surface area contributed by atoms with Gasteiger partial charge in [0, 0.05) is 11.8 Å². The van der Waals surface area contributed by atoms with E-state index < -0.39 is 9.84 Å². The second kappa shape index (κ2) is 7.13. The van der Waals surface area contributed by atoms with Crippen molar-refractivity contribution in [1.82, 2.24) is 5.32 Å². The first-order valence-electron chi connectivity index (χ1n) is 8.22. The molecule has 0 spiro atoms. The minimum Gasteiger partial charge on any atom is -0.369 e. The first-order chi connectivity index (χ1) is 11.4. The van der Waals surface area contributed by atoms with E-state index in [-0.39, 0.29) is 12.2 Å². The van der Waals surface area contributed by atoms with Crippen LogP contribution in [0.5, 0.6) is 0 Å². The van der Waals surface area contributed by atoms with E-state index >= 15 is 0 Å². The van der Waals surface area contributed by atoms with Gasteiger partial charge in [0.2, 0.25) is 0 Å². The lowest BCUT2D eigenvalue weighted by Crippen LogP contribution is -2.36. The third-order valence-electron chi connectivity index (χ3n) is 4.33. The molecule has 6 nitrogen and oxygen atoms in total. The third kappa shape index (κ3) is 4.09. The molecular formula is C17H23N3O3S. The molecule has 1 fully saturated rings. The van der Waals surface area contributed by atoms with Crippen LogP contribution in [0.15, 0.2) is 39.1 Å². The smallest absolute Gasteiger partial charge is 0.175 e. The quantitative estimate of drug-likeness (QED) is 0.872. The Kier molecular flexibility index (Phi) is 5.12. The topological polar surface area (TPSA) is 80.1 Å². The normalized spacial score (nSPS) is 20.6. The van der Waals surface area contributed by atoms with Crippen LogP contribution in [-0.2, 0) is 14.6 Å². The molecule has 24 heavy (non-hydrogen) atoms. The number of sulfone groups is 1. The highest BCUT2D eigenvalue weighted by atomic mass is 32.2. The highest BCUT2D eigenvalue weighted by molar-refractivity contribution is 7.90. The first-order valence-corrected chi connectivity index (χ1v) is 10.1. The Morgan fingerprint density at radius 1 is 1.21 bits per heavy atom. The summed E-state index contributed by atoms with van der Waals surface area (Å²) in [6.07, 6.45) is 3.48. The number of amidine groups is 1. The van der Waals surface area contributed by atoms with Crippen molar-refractivity contribution < 1.29 is 13.2 Å². The molecule has 0 radical (unpaired) electrons. The van der Waals surface area contributed by atoms with Crippen molar-refractivity contribution in [1.29, 1.82) is 0 Å². The van der Waals surface area contributed by atoms with Gasteiger partial charge in [0.1, 0.15) is 0 Å². The predicted molar refractivity (Wildman–Crippen MR) is 94.8 cm³/mol. The third-order valence-corrected chi connectivity index (χ3v) is 5.46. The summed E-state index contributed by atoms with van der Waals surface area (Å²) in [7, 11) is -3.18. The van der Waals surface area contributed by atoms with Crippen molar-refractivity contribution >= 4 is 21.4 Å². The van der Waals surface area contributed by atoms with Gasteiger partial charge >= 0.3 is 0 Å². The maximum absolute atomic E-state index is 11.5. The molecule has 1 aromatic rings. The maximum atomic E-state index is 11.5. The van der Waals surface area contributed by atoms with E-state index in [1.165, 1.54) is 6.26 Å². The van der Waals surface area contributed by atoms with Gasteiger partial charge in [-0.2, -0.15) is 0 Å². The largest absolute Gasteiger partial charge is 0.369 e. The first kappa shape index (κ1) is 17.3. The van der Waals surface area contributed by atoms with Crippen LogP contribution >= 0.6 is 0 Å². The maximum Gasteiger partial charge on any atom is 0.175 e. The lowest BCUT2D eigenvalue weighted by Gasteiger charge is -2.26. The van der Waals surface area contributed by atoms with Crippen molar-refractivity contribution in [2.24, 2.45) is 9.98 Å². The number of nitrogens with zero attached hydrogens (tertiary/aromatic N) is 2. The van der Waals surface area contributed by atoms with Crippen molar-refractivity contribution in [3.63, 3.8) is 0 Å². The average Bonchev–Trinajstić information content (AvgIpc) is 3.05. The zero-order chi connectivity index (χ0) is 17.2. The summed E-state index contributed by atoms with van der Waals surface area (Å²) in [6.45, 7) is 4.55. The Hall–Kier alpha value is -1.57. The molecule has 0 saturated carbocycles. The van der Waals surface area contributed by atoms with Crippen LogP contribution < -0.4 is 5.32 Å². The molecule has 7 heteroatoms. The van der Waals surface area contributed by atoms with Crippen LogP contribution in [0.3, 0.4) is 0 Å². The summed E-state index contributed by atoms with van der Waals surface area (Å²) < 4.78 is 29.1. The van der Waals surface area contributed by atoms with Gasteiger partial charge in [0.05, 0.1) is 29.4 Å². The second-order valence-corrected chi connectivity index (χ2v) is 8.28. The molecule has 2 heterocycles. The van der Waals surface area contributed by atoms with Crippen molar-refractivity contribution in [3.05, 3.63) is 29.8 Å². The van der Waals surface area contributed by atoms with Gasteiger partial charge < -0.3 is 10.1 Å². The monoisotopic (exact) mass is 349 g/mol. The minimum absolute atomic E-state index is 0.0513. The number of benzene rings is 1. The summed E-state index contributed by atoms with van der Waals surface area (Å²) in [5.41, 5.74) is 1.75. The number of nitrogens with one attached hydrogen (secondary N) is 1. The molecule has 0 amide bonds. The van der Waals surface area contributed by atoms with Gasteiger partial charge in [0.15, 0.2) is 15.7 Å². The zero-order valence-electron chi connectivity index (χ0n) is 14.0. The molecule has 3 rings (SSSR count). The Morgan fingerprint density at radius 2 is 1.88 bits per heavy atom. The van der Waals surface area contributed by atoms with E-state index in [2.05, 4.69) is 15.3 Å². The molecular weight excluding hydrogens is 326 g/mol. The summed E-state index contributed by atoms with van der Waals surface area (Å²) in [6, 6.07) is 6.69. The van der Waals surface area contributed by atoms with Crippen LogP contribution in [0.2, 0.25) is 0 Å². The van der Waals surface area contributed by atoms with Gasteiger partial charge in [-0.1, -0.05) is 0 Å². The van der Waals surface area contributed by atoms with Gasteiger partial charge in [-0.3, -0.25) is 4.99 Å². The molecule has 0 aromatic heterocycles. The molecule has 0 aliphatic carbocycles. The van der Waals surface area contributed by atoms with Gasteiger partial charge in [0.25, 0.3) is 0 Å². The molecule has 1 aromatic carbocycles. The van der Waals surface area contributed by atoms with E-state index in [1.54, 1.807) is 24.3 Å². The Balaban J connectivity index is 1.66. The Bertz CT molecular complexity index is 748. The average molecular weight is 349 g/mol. The van der Waals surface area contributed by atoms with Crippen LogP contribution in [0.25, 0.3) is 0 Å². The number of rotatable bonds is 5. The van der Waals surface area contributed by atoms with Crippen LogP contribution in [0.1, 0.15) is 25.3 Å². The highest BCUT2D eigenvalue weighted by Crippen LogP contribution is 2.17. The molecule has 1 atom stereocenters. The molecule has 2 aliphatic rings. The van der Waals surface area contributed by atoms with E-state index in [4.69, 9.17) is 4.74 Å². The summed E-state index contributed by atoms with van der Waals surface area (Å²) >= 11 is 0. The fourth-order valence-corrected chi connectivity index (χ4v) is 3.52. The molecule has 0 bridgehead atoms. The summed E-state index contributed by atoms with van der Waals surface area (Å²) in [5, 5.41) is 3.33. The predicted octanol–water partition coefficient (Wildman–Crippen LogP) is 1.45. The van der Waals surface area contributed by atoms with Crippen LogP contribution in [0, 0.1) is 0 Å². The van der Waals surface area contributed by atoms with E-state index in [0.29, 0.717) is 17.3 Å². The van der Waals surface area contributed by atoms with Crippen molar-refractivity contribution in [2.45, 2.75) is 36.9 Å². The number of ether oxygens (including phenoxy) is 1. The SMILES string of the molecule is C[C@@H](OC1CCNCC1)C1=NC(c2ccc(S(C)(=O)=O)cc2)=NC1. The van der Waals surface area contributed by atoms with Gasteiger partial charge in [-0.05, 0) is 57.1 Å². The molecule has 0 unspecified atom stereocenters. The Labute approximate surface area is 143 Å². The molecule has 2 aliphatic heterocycles. The molecule has 1 N–H and O–H groups in total. The fourth-order valence-electron chi connectivity index (χ4n) is 2.89. The summed E-state index contributed by atoms with van der Waals surface area (Å²) in [5.74, 6) is 0.644. The fraction of sp³-hybridized carbons (Fsp3) is 0.529. The lowest BCUT2D eigenvalue weighted by molar-refractivity contribution is 0.0139. The van der Waals surface area contributed by atoms with Crippen LogP contribution in [-0.4, -0.2) is 58.1 Å². The second-order valence-electron chi connectivity index (χ2n) is 6.27. The molecule has 1 saturated heterocycles. The van der Waals surface area contributed by atoms with E-state index in [9.17, 15) is 8.42 Å². The van der Waals surface area contributed by atoms with E-state index in [0.717, 1.165) is 37.2 Å². The number of piperidine rings is 1. The number of hydrogen-bond donors (Lipinski definition) is 1. The van der Waals surface area contributed by atoms with Crippen molar-refractivity contribution in [3.8, 4) is 0 Å².